The van der Waals surface area contributed by atoms with Crippen molar-refractivity contribution in [1.29, 1.82) is 0 Å². The molecule has 2 rings (SSSR count). The molecule has 1 aromatic carbocycles. The summed E-state index contributed by atoms with van der Waals surface area (Å²) in [4.78, 5) is 4.54. The van der Waals surface area contributed by atoms with Crippen LogP contribution in [0.3, 0.4) is 0 Å². The molecule has 0 saturated carbocycles. The zero-order valence-corrected chi connectivity index (χ0v) is 11.1. The highest BCUT2D eigenvalue weighted by Gasteiger charge is 2.05. The van der Waals surface area contributed by atoms with E-state index in [-0.39, 0.29) is 0 Å². The van der Waals surface area contributed by atoms with Crippen molar-refractivity contribution < 1.29 is 4.74 Å². The minimum atomic E-state index is 0.729. The highest BCUT2D eigenvalue weighted by atomic mass is 16.5. The fourth-order valence-electron chi connectivity index (χ4n) is 1.95. The van der Waals surface area contributed by atoms with Crippen molar-refractivity contribution >= 4 is 10.9 Å². The quantitative estimate of drug-likeness (QED) is 0.793. The van der Waals surface area contributed by atoms with Crippen LogP contribution in [0.1, 0.15) is 25.3 Å². The maximum absolute atomic E-state index is 5.70. The van der Waals surface area contributed by atoms with Gasteiger partial charge in [-0.15, -0.1) is 0 Å². The van der Waals surface area contributed by atoms with Gasteiger partial charge in [0, 0.05) is 18.0 Å². The van der Waals surface area contributed by atoms with Crippen LogP contribution < -0.4 is 10.1 Å². The van der Waals surface area contributed by atoms with Gasteiger partial charge in [-0.25, -0.2) is 4.98 Å². The summed E-state index contributed by atoms with van der Waals surface area (Å²) in [5, 5.41) is 4.38. The summed E-state index contributed by atoms with van der Waals surface area (Å²) < 4.78 is 5.70. The Balaban J connectivity index is 2.31. The summed E-state index contributed by atoms with van der Waals surface area (Å²) in [6, 6.07) is 10.2. The number of nitrogens with one attached hydrogen (secondary N) is 1. The third-order valence-electron chi connectivity index (χ3n) is 2.89. The molecule has 2 aromatic rings. The smallest absolute Gasteiger partial charge is 0.214 e. The van der Waals surface area contributed by atoms with Crippen molar-refractivity contribution in [2.45, 2.75) is 26.3 Å². The van der Waals surface area contributed by atoms with Gasteiger partial charge in [0.2, 0.25) is 5.88 Å². The molecule has 0 saturated heterocycles. The highest BCUT2D eigenvalue weighted by molar-refractivity contribution is 5.82. The maximum Gasteiger partial charge on any atom is 0.214 e. The Morgan fingerprint density at radius 1 is 1.28 bits per heavy atom. The second-order valence-electron chi connectivity index (χ2n) is 4.37. The standard InChI is InChI=1S/C15H20N2O/c1-3-4-9-18-15-10-12(11-16-2)13-7-5-6-8-14(13)17-15/h5-8,10,16H,3-4,9,11H2,1-2H3. The molecule has 0 bridgehead atoms. The minimum Gasteiger partial charge on any atom is -0.478 e. The number of hydrogen-bond acceptors (Lipinski definition) is 3. The first-order chi connectivity index (χ1) is 8.85. The van der Waals surface area contributed by atoms with Crippen molar-refractivity contribution in [3.05, 3.63) is 35.9 Å². The number of nitrogens with zero attached hydrogens (tertiary/aromatic N) is 1. The molecular weight excluding hydrogens is 224 g/mol. The van der Waals surface area contributed by atoms with Crippen LogP contribution in [-0.2, 0) is 6.54 Å². The molecule has 3 heteroatoms. The van der Waals surface area contributed by atoms with Crippen LogP contribution in [0.15, 0.2) is 30.3 Å². The Bertz CT molecular complexity index is 511. The molecule has 0 radical (unpaired) electrons. The lowest BCUT2D eigenvalue weighted by Crippen LogP contribution is -2.07. The average Bonchev–Trinajstić information content (AvgIpc) is 2.39. The molecular formula is C15H20N2O. The molecule has 1 N–H and O–H groups in total. The Hall–Kier alpha value is -1.61. The number of fused-ring (bicyclic) bond motifs is 1. The first kappa shape index (κ1) is 12.8. The Morgan fingerprint density at radius 2 is 2.11 bits per heavy atom. The van der Waals surface area contributed by atoms with E-state index in [0.717, 1.165) is 37.4 Å². The molecule has 96 valence electrons. The SMILES string of the molecule is CCCCOc1cc(CNC)c2ccccc2n1. The zero-order chi connectivity index (χ0) is 12.8. The number of para-hydroxylation sites is 1. The Kier molecular flexibility index (Phi) is 4.53. The van der Waals surface area contributed by atoms with E-state index in [4.69, 9.17) is 4.74 Å². The molecule has 0 unspecified atom stereocenters. The number of benzene rings is 1. The van der Waals surface area contributed by atoms with E-state index >= 15 is 0 Å². The predicted molar refractivity (Wildman–Crippen MR) is 74.9 cm³/mol. The average molecular weight is 244 g/mol. The molecule has 0 atom stereocenters. The van der Waals surface area contributed by atoms with Crippen molar-refractivity contribution in [3.8, 4) is 5.88 Å². The van der Waals surface area contributed by atoms with Crippen LogP contribution in [0.25, 0.3) is 10.9 Å². The number of pyridine rings is 1. The van der Waals surface area contributed by atoms with Gasteiger partial charge in [-0.3, -0.25) is 0 Å². The fourth-order valence-corrected chi connectivity index (χ4v) is 1.95. The van der Waals surface area contributed by atoms with Crippen molar-refractivity contribution in [2.75, 3.05) is 13.7 Å². The minimum absolute atomic E-state index is 0.729. The topological polar surface area (TPSA) is 34.1 Å². The second kappa shape index (κ2) is 6.36. The van der Waals surface area contributed by atoms with Crippen LogP contribution in [0, 0.1) is 0 Å². The largest absolute Gasteiger partial charge is 0.478 e. The lowest BCUT2D eigenvalue weighted by atomic mass is 10.1. The zero-order valence-electron chi connectivity index (χ0n) is 11.1. The van der Waals surface area contributed by atoms with Crippen LogP contribution >= 0.6 is 0 Å². The van der Waals surface area contributed by atoms with Gasteiger partial charge >= 0.3 is 0 Å². The Labute approximate surface area is 108 Å². The van der Waals surface area contributed by atoms with Crippen LogP contribution in [0.5, 0.6) is 5.88 Å². The molecule has 18 heavy (non-hydrogen) atoms. The van der Waals surface area contributed by atoms with Crippen molar-refractivity contribution in [3.63, 3.8) is 0 Å². The van der Waals surface area contributed by atoms with Crippen LogP contribution in [0.2, 0.25) is 0 Å². The molecule has 3 nitrogen and oxygen atoms in total. The van der Waals surface area contributed by atoms with E-state index in [1.807, 2.05) is 31.3 Å². The number of unbranched alkanes of at least 4 members (excludes halogenated alkanes) is 1. The van der Waals surface area contributed by atoms with E-state index in [1.54, 1.807) is 0 Å². The van der Waals surface area contributed by atoms with Gasteiger partial charge < -0.3 is 10.1 Å². The van der Waals surface area contributed by atoms with Crippen LogP contribution in [-0.4, -0.2) is 18.6 Å². The van der Waals surface area contributed by atoms with E-state index in [1.165, 1.54) is 10.9 Å². The third kappa shape index (κ3) is 2.99. The van der Waals surface area contributed by atoms with Gasteiger partial charge in [-0.2, -0.15) is 0 Å². The monoisotopic (exact) mass is 244 g/mol. The predicted octanol–water partition coefficient (Wildman–Crippen LogP) is 3.13. The molecule has 0 spiro atoms. The number of ether oxygens (including phenoxy) is 1. The first-order valence-electron chi connectivity index (χ1n) is 6.51. The third-order valence-corrected chi connectivity index (χ3v) is 2.89. The summed E-state index contributed by atoms with van der Waals surface area (Å²) >= 11 is 0. The van der Waals surface area contributed by atoms with Gasteiger partial charge in [0.15, 0.2) is 0 Å². The molecule has 1 heterocycles. The van der Waals surface area contributed by atoms with Crippen LogP contribution in [0.4, 0.5) is 0 Å². The summed E-state index contributed by atoms with van der Waals surface area (Å²) in [6.07, 6.45) is 2.20. The fraction of sp³-hybridized carbons (Fsp3) is 0.400. The number of rotatable bonds is 6. The Morgan fingerprint density at radius 3 is 2.89 bits per heavy atom. The normalized spacial score (nSPS) is 10.8. The lowest BCUT2D eigenvalue weighted by molar-refractivity contribution is 0.298. The molecule has 1 aromatic heterocycles. The summed E-state index contributed by atoms with van der Waals surface area (Å²) in [7, 11) is 1.95. The molecule has 0 aliphatic rings. The first-order valence-corrected chi connectivity index (χ1v) is 6.51. The van der Waals surface area contributed by atoms with Gasteiger partial charge in [-0.1, -0.05) is 31.5 Å². The van der Waals surface area contributed by atoms with E-state index in [0.29, 0.717) is 0 Å². The maximum atomic E-state index is 5.70. The lowest BCUT2D eigenvalue weighted by Gasteiger charge is -2.10. The molecule has 0 amide bonds. The van der Waals surface area contributed by atoms with E-state index in [9.17, 15) is 0 Å². The van der Waals surface area contributed by atoms with Crippen molar-refractivity contribution in [1.82, 2.24) is 10.3 Å². The second-order valence-corrected chi connectivity index (χ2v) is 4.37. The van der Waals surface area contributed by atoms with E-state index in [2.05, 4.69) is 23.3 Å². The van der Waals surface area contributed by atoms with Gasteiger partial charge in [0.1, 0.15) is 0 Å². The van der Waals surface area contributed by atoms with Gasteiger partial charge in [-0.05, 0) is 25.1 Å². The molecule has 0 aliphatic heterocycles. The summed E-state index contributed by atoms with van der Waals surface area (Å²) in [5.41, 5.74) is 2.23. The van der Waals surface area contributed by atoms with Crippen molar-refractivity contribution in [2.24, 2.45) is 0 Å². The molecule has 0 aliphatic carbocycles. The van der Waals surface area contributed by atoms with Gasteiger partial charge in [0.05, 0.1) is 12.1 Å². The number of hydrogen-bond donors (Lipinski definition) is 1. The van der Waals surface area contributed by atoms with E-state index < -0.39 is 0 Å². The molecule has 0 fully saturated rings. The van der Waals surface area contributed by atoms with Gasteiger partial charge in [0.25, 0.3) is 0 Å². The summed E-state index contributed by atoms with van der Waals surface area (Å²) in [6.45, 7) is 3.72. The summed E-state index contributed by atoms with van der Waals surface area (Å²) in [5.74, 6) is 0.729. The highest BCUT2D eigenvalue weighted by Crippen LogP contribution is 2.22. The number of aromatic nitrogens is 1.